The molecule has 2 rings (SSSR count). The molecular weight excluding hydrogens is 264 g/mol. The van der Waals surface area contributed by atoms with Crippen molar-refractivity contribution in [1.29, 1.82) is 0 Å². The van der Waals surface area contributed by atoms with Gasteiger partial charge in [0.15, 0.2) is 0 Å². The molecule has 0 aromatic heterocycles. The third-order valence-electron chi connectivity index (χ3n) is 3.50. The van der Waals surface area contributed by atoms with Gasteiger partial charge in [-0.05, 0) is 24.1 Å². The first-order valence-corrected chi connectivity index (χ1v) is 7.15. The topological polar surface area (TPSA) is 38.7 Å². The van der Waals surface area contributed by atoms with Crippen LogP contribution in [-0.4, -0.2) is 25.4 Å². The Kier molecular flexibility index (Phi) is 5.78. The third-order valence-corrected chi connectivity index (χ3v) is 3.50. The molecule has 0 aliphatic rings. The summed E-state index contributed by atoms with van der Waals surface area (Å²) < 4.78 is 10.7. The number of methoxy groups -OCH3 is 1. The lowest BCUT2D eigenvalue weighted by atomic mass is 9.98. The summed E-state index contributed by atoms with van der Waals surface area (Å²) in [7, 11) is 1.64. The monoisotopic (exact) mass is 286 g/mol. The van der Waals surface area contributed by atoms with Gasteiger partial charge in [0.1, 0.15) is 12.4 Å². The van der Waals surface area contributed by atoms with Gasteiger partial charge in [0, 0.05) is 19.1 Å². The van der Waals surface area contributed by atoms with Crippen LogP contribution >= 0.6 is 0 Å². The Hall–Kier alpha value is -1.84. The predicted molar refractivity (Wildman–Crippen MR) is 83.7 cm³/mol. The van der Waals surface area contributed by atoms with E-state index in [2.05, 4.69) is 13.0 Å². The molecule has 0 saturated heterocycles. The minimum absolute atomic E-state index is 0.477. The summed E-state index contributed by atoms with van der Waals surface area (Å²) in [5, 5.41) is 10.5. The Balaban J connectivity index is 2.11. The summed E-state index contributed by atoms with van der Waals surface area (Å²) in [6.45, 7) is 3.07. The number of hydrogen-bond acceptors (Lipinski definition) is 3. The van der Waals surface area contributed by atoms with Gasteiger partial charge in [-0.25, -0.2) is 0 Å². The molecule has 0 radical (unpaired) electrons. The van der Waals surface area contributed by atoms with Crippen LogP contribution in [0.5, 0.6) is 5.75 Å². The molecular formula is C18H22O3. The number of hydrogen-bond donors (Lipinski definition) is 1. The van der Waals surface area contributed by atoms with E-state index < -0.39 is 6.10 Å². The molecule has 3 nitrogen and oxygen atoms in total. The number of para-hydroxylation sites is 1. The number of aliphatic hydroxyl groups excluding tert-OH is 1. The normalized spacial score (nSPS) is 12.1. The molecule has 0 fully saturated rings. The van der Waals surface area contributed by atoms with Gasteiger partial charge >= 0.3 is 0 Å². The molecule has 0 aliphatic heterocycles. The number of ether oxygens (including phenoxy) is 2. The molecule has 1 atom stereocenters. The van der Waals surface area contributed by atoms with Gasteiger partial charge in [0.2, 0.25) is 0 Å². The molecule has 2 aromatic rings. The second-order valence-electron chi connectivity index (χ2n) is 5.03. The Labute approximate surface area is 126 Å². The van der Waals surface area contributed by atoms with Crippen LogP contribution in [0.25, 0.3) is 0 Å². The lowest BCUT2D eigenvalue weighted by molar-refractivity contribution is 0.138. The number of aryl methyl sites for hydroxylation is 1. The van der Waals surface area contributed by atoms with Crippen LogP contribution in [0.1, 0.15) is 22.8 Å². The van der Waals surface area contributed by atoms with Crippen LogP contribution in [0, 0.1) is 6.92 Å². The summed E-state index contributed by atoms with van der Waals surface area (Å²) in [4.78, 5) is 0. The number of benzene rings is 2. The van der Waals surface area contributed by atoms with Gasteiger partial charge in [-0.3, -0.25) is 0 Å². The zero-order chi connectivity index (χ0) is 15.1. The molecule has 1 unspecified atom stereocenters. The van der Waals surface area contributed by atoms with Gasteiger partial charge in [-0.2, -0.15) is 0 Å². The van der Waals surface area contributed by atoms with Crippen molar-refractivity contribution in [2.75, 3.05) is 20.3 Å². The third kappa shape index (κ3) is 4.31. The maximum Gasteiger partial charge on any atom is 0.125 e. The van der Waals surface area contributed by atoms with Gasteiger partial charge in [0.25, 0.3) is 0 Å². The Morgan fingerprint density at radius 1 is 1.00 bits per heavy atom. The number of rotatable bonds is 7. The second-order valence-corrected chi connectivity index (χ2v) is 5.03. The largest absolute Gasteiger partial charge is 0.491 e. The Morgan fingerprint density at radius 2 is 1.71 bits per heavy atom. The molecule has 112 valence electrons. The van der Waals surface area contributed by atoms with Crippen molar-refractivity contribution in [3.05, 3.63) is 65.2 Å². The summed E-state index contributed by atoms with van der Waals surface area (Å²) >= 11 is 0. The van der Waals surface area contributed by atoms with E-state index in [9.17, 15) is 5.11 Å². The summed E-state index contributed by atoms with van der Waals surface area (Å²) in [6.07, 6.45) is 0.00183. The van der Waals surface area contributed by atoms with E-state index in [-0.39, 0.29) is 0 Å². The highest BCUT2D eigenvalue weighted by Crippen LogP contribution is 2.28. The standard InChI is InChI=1S/C18H22O3/c1-14-7-3-4-8-15(14)13-17(19)16-9-5-6-10-18(16)21-12-11-20-2/h3-10,17,19H,11-13H2,1-2H3. The van der Waals surface area contributed by atoms with E-state index >= 15 is 0 Å². The van der Waals surface area contributed by atoms with E-state index in [1.807, 2.05) is 42.5 Å². The SMILES string of the molecule is COCCOc1ccccc1C(O)Cc1ccccc1C. The molecule has 0 heterocycles. The van der Waals surface area contributed by atoms with Crippen molar-refractivity contribution in [2.45, 2.75) is 19.4 Å². The molecule has 0 saturated carbocycles. The lowest BCUT2D eigenvalue weighted by Gasteiger charge is -2.17. The summed E-state index contributed by atoms with van der Waals surface area (Å²) in [6, 6.07) is 15.7. The van der Waals surface area contributed by atoms with Crippen molar-refractivity contribution in [3.63, 3.8) is 0 Å². The smallest absolute Gasteiger partial charge is 0.125 e. The van der Waals surface area contributed by atoms with Gasteiger partial charge in [-0.15, -0.1) is 0 Å². The summed E-state index contributed by atoms with van der Waals surface area (Å²) in [5.74, 6) is 0.718. The van der Waals surface area contributed by atoms with Crippen molar-refractivity contribution < 1.29 is 14.6 Å². The highest BCUT2D eigenvalue weighted by molar-refractivity contribution is 5.37. The molecule has 0 bridgehead atoms. The minimum Gasteiger partial charge on any atom is -0.491 e. The summed E-state index contributed by atoms with van der Waals surface area (Å²) in [5.41, 5.74) is 3.16. The first-order chi connectivity index (χ1) is 10.2. The van der Waals surface area contributed by atoms with E-state index in [1.165, 1.54) is 5.56 Å². The Bertz CT molecular complexity index is 566. The van der Waals surface area contributed by atoms with Crippen molar-refractivity contribution >= 4 is 0 Å². The van der Waals surface area contributed by atoms with Gasteiger partial charge in [0.05, 0.1) is 12.7 Å². The van der Waals surface area contributed by atoms with Crippen LogP contribution in [0.3, 0.4) is 0 Å². The number of aliphatic hydroxyl groups is 1. The van der Waals surface area contributed by atoms with Crippen LogP contribution in [0.2, 0.25) is 0 Å². The van der Waals surface area contributed by atoms with E-state index in [0.29, 0.717) is 19.6 Å². The van der Waals surface area contributed by atoms with Crippen LogP contribution < -0.4 is 4.74 Å². The zero-order valence-corrected chi connectivity index (χ0v) is 12.6. The Morgan fingerprint density at radius 3 is 2.48 bits per heavy atom. The van der Waals surface area contributed by atoms with Crippen molar-refractivity contribution in [1.82, 2.24) is 0 Å². The molecule has 0 aliphatic carbocycles. The molecule has 0 spiro atoms. The molecule has 0 amide bonds. The first kappa shape index (κ1) is 15.5. The quantitative estimate of drug-likeness (QED) is 0.794. The molecule has 2 aromatic carbocycles. The maximum atomic E-state index is 10.5. The highest BCUT2D eigenvalue weighted by atomic mass is 16.5. The van der Waals surface area contributed by atoms with Crippen molar-refractivity contribution in [3.8, 4) is 5.75 Å². The van der Waals surface area contributed by atoms with Gasteiger partial charge in [-0.1, -0.05) is 42.5 Å². The average molecular weight is 286 g/mol. The first-order valence-electron chi connectivity index (χ1n) is 7.15. The van der Waals surface area contributed by atoms with Crippen LogP contribution in [0.15, 0.2) is 48.5 Å². The van der Waals surface area contributed by atoms with Crippen molar-refractivity contribution in [2.24, 2.45) is 0 Å². The molecule has 21 heavy (non-hydrogen) atoms. The molecule has 3 heteroatoms. The van der Waals surface area contributed by atoms with Gasteiger partial charge < -0.3 is 14.6 Å². The van der Waals surface area contributed by atoms with Crippen LogP contribution in [0.4, 0.5) is 0 Å². The fourth-order valence-corrected chi connectivity index (χ4v) is 2.28. The molecule has 1 N–H and O–H groups in total. The fourth-order valence-electron chi connectivity index (χ4n) is 2.28. The van der Waals surface area contributed by atoms with E-state index in [0.717, 1.165) is 16.9 Å². The lowest BCUT2D eigenvalue weighted by Crippen LogP contribution is -2.09. The highest BCUT2D eigenvalue weighted by Gasteiger charge is 2.14. The fraction of sp³-hybridized carbons (Fsp3) is 0.333. The predicted octanol–water partition coefficient (Wildman–Crippen LogP) is 3.30. The van der Waals surface area contributed by atoms with E-state index in [1.54, 1.807) is 7.11 Å². The minimum atomic E-state index is -0.579. The maximum absolute atomic E-state index is 10.5. The van der Waals surface area contributed by atoms with Crippen LogP contribution in [-0.2, 0) is 11.2 Å². The van der Waals surface area contributed by atoms with E-state index in [4.69, 9.17) is 9.47 Å². The second kappa shape index (κ2) is 7.81. The zero-order valence-electron chi connectivity index (χ0n) is 12.6. The average Bonchev–Trinajstić information content (AvgIpc) is 2.50.